The van der Waals surface area contributed by atoms with Crippen LogP contribution in [0.5, 0.6) is 0 Å². The van der Waals surface area contributed by atoms with E-state index in [0.717, 1.165) is 5.56 Å². The van der Waals surface area contributed by atoms with E-state index in [0.29, 0.717) is 12.2 Å². The van der Waals surface area contributed by atoms with Gasteiger partial charge < -0.3 is 0 Å². The molecule has 0 saturated carbocycles. The van der Waals surface area contributed by atoms with Gasteiger partial charge in [0.15, 0.2) is 0 Å². The van der Waals surface area contributed by atoms with Gasteiger partial charge in [-0.25, -0.2) is 9.79 Å². The third-order valence-corrected chi connectivity index (χ3v) is 2.23. The highest BCUT2D eigenvalue weighted by Crippen LogP contribution is 2.12. The first-order valence-corrected chi connectivity index (χ1v) is 4.89. The number of nitro groups is 1. The smallest absolute Gasteiger partial charge is 0.258 e. The summed E-state index contributed by atoms with van der Waals surface area (Å²) in [5.74, 6) is 0. The Bertz CT molecular complexity index is 521. The van der Waals surface area contributed by atoms with Gasteiger partial charge in [0.2, 0.25) is 0 Å². The maximum absolute atomic E-state index is 10.5. The lowest BCUT2D eigenvalue weighted by Crippen LogP contribution is -2.00. The van der Waals surface area contributed by atoms with E-state index in [-0.39, 0.29) is 5.69 Å². The van der Waals surface area contributed by atoms with Crippen LogP contribution in [0.15, 0.2) is 30.5 Å². The van der Waals surface area contributed by atoms with E-state index in [4.69, 9.17) is 0 Å². The topological polar surface area (TPSA) is 93.8 Å². The van der Waals surface area contributed by atoms with Crippen molar-refractivity contribution in [3.8, 4) is 0 Å². The number of hydrogen-bond donors (Lipinski definition) is 0. The molecule has 0 fully saturated rings. The molecule has 1 aromatic heterocycles. The van der Waals surface area contributed by atoms with Crippen LogP contribution in [0.25, 0.3) is 0 Å². The molecule has 2 rings (SSSR count). The fourth-order valence-corrected chi connectivity index (χ4v) is 1.39. The molecule has 1 aromatic carbocycles. The van der Waals surface area contributed by atoms with E-state index in [9.17, 15) is 15.2 Å². The van der Waals surface area contributed by atoms with Crippen molar-refractivity contribution in [1.29, 1.82) is 0 Å². The van der Waals surface area contributed by atoms with Gasteiger partial charge in [-0.2, -0.15) is 0 Å². The van der Waals surface area contributed by atoms with Gasteiger partial charge in [0.05, 0.1) is 17.7 Å². The molecule has 0 saturated heterocycles. The Morgan fingerprint density at radius 3 is 2.53 bits per heavy atom. The van der Waals surface area contributed by atoms with Crippen LogP contribution in [-0.4, -0.2) is 19.9 Å². The molecule has 0 atom stereocenters. The van der Waals surface area contributed by atoms with Crippen molar-refractivity contribution < 1.29 is 10.0 Å². The molecule has 0 aliphatic rings. The Labute approximate surface area is 96.5 Å². The molecule has 87 valence electrons. The van der Waals surface area contributed by atoms with Gasteiger partial charge in [-0.15, -0.1) is 5.10 Å². The first kappa shape index (κ1) is 11.2. The summed E-state index contributed by atoms with van der Waals surface area (Å²) in [5, 5.41) is 28.4. The Morgan fingerprint density at radius 1 is 1.29 bits per heavy atom. The van der Waals surface area contributed by atoms with Gasteiger partial charge in [-0.1, -0.05) is 17.3 Å². The number of hydrogen-bond acceptors (Lipinski definition) is 4. The van der Waals surface area contributed by atoms with Crippen LogP contribution in [0.2, 0.25) is 0 Å². The van der Waals surface area contributed by atoms with Crippen LogP contribution >= 0.6 is 0 Å². The molecular formula is C10H9N4O3. The summed E-state index contributed by atoms with van der Waals surface area (Å²) in [6, 6.07) is 6.16. The van der Waals surface area contributed by atoms with Crippen LogP contribution in [0, 0.1) is 10.1 Å². The summed E-state index contributed by atoms with van der Waals surface area (Å²) < 4.78 is 1.52. The van der Waals surface area contributed by atoms with Gasteiger partial charge in [0, 0.05) is 12.1 Å². The second kappa shape index (κ2) is 4.71. The number of benzene rings is 1. The molecule has 0 N–H and O–H groups in total. The highest BCUT2D eigenvalue weighted by Gasteiger charge is 2.05. The lowest BCUT2D eigenvalue weighted by molar-refractivity contribution is -0.384. The molecule has 7 nitrogen and oxygen atoms in total. The van der Waals surface area contributed by atoms with Crippen molar-refractivity contribution in [2.45, 2.75) is 13.2 Å². The number of rotatable bonds is 4. The average molecular weight is 233 g/mol. The molecular weight excluding hydrogens is 224 g/mol. The van der Waals surface area contributed by atoms with Gasteiger partial charge >= 0.3 is 0 Å². The summed E-state index contributed by atoms with van der Waals surface area (Å²) >= 11 is 0. The van der Waals surface area contributed by atoms with Gasteiger partial charge in [0.1, 0.15) is 12.3 Å². The highest BCUT2D eigenvalue weighted by atomic mass is 16.6. The summed E-state index contributed by atoms with van der Waals surface area (Å²) in [6.07, 6.45) is 1.56. The zero-order chi connectivity index (χ0) is 12.3. The molecule has 0 unspecified atom stereocenters. The SMILES string of the molecule is [O]Cc1cn(Cc2ccc([N+](=O)[O-])cc2)nn1. The van der Waals surface area contributed by atoms with Crippen molar-refractivity contribution in [1.82, 2.24) is 15.0 Å². The maximum atomic E-state index is 10.5. The van der Waals surface area contributed by atoms with Gasteiger partial charge in [-0.05, 0) is 5.56 Å². The Morgan fingerprint density at radius 2 is 2.00 bits per heavy atom. The van der Waals surface area contributed by atoms with Crippen LogP contribution < -0.4 is 0 Å². The Balaban J connectivity index is 2.10. The number of aromatic nitrogens is 3. The summed E-state index contributed by atoms with van der Waals surface area (Å²) in [4.78, 5) is 10.0. The highest BCUT2D eigenvalue weighted by molar-refractivity contribution is 5.32. The van der Waals surface area contributed by atoms with E-state index < -0.39 is 11.5 Å². The zero-order valence-corrected chi connectivity index (χ0v) is 8.81. The Kier molecular flexibility index (Phi) is 3.10. The van der Waals surface area contributed by atoms with E-state index in [1.54, 1.807) is 18.3 Å². The minimum Gasteiger partial charge on any atom is -0.258 e. The lowest BCUT2D eigenvalue weighted by Gasteiger charge is -2.00. The monoisotopic (exact) mass is 233 g/mol. The van der Waals surface area contributed by atoms with Crippen LogP contribution in [0.3, 0.4) is 0 Å². The Hall–Kier alpha value is -2.28. The normalized spacial score (nSPS) is 10.4. The molecule has 2 aromatic rings. The van der Waals surface area contributed by atoms with E-state index >= 15 is 0 Å². The molecule has 0 aliphatic heterocycles. The van der Waals surface area contributed by atoms with Crippen molar-refractivity contribution >= 4 is 5.69 Å². The first-order valence-electron chi connectivity index (χ1n) is 4.89. The van der Waals surface area contributed by atoms with Gasteiger partial charge in [-0.3, -0.25) is 10.1 Å². The molecule has 1 radical (unpaired) electrons. The zero-order valence-electron chi connectivity index (χ0n) is 8.81. The lowest BCUT2D eigenvalue weighted by atomic mass is 10.2. The third kappa shape index (κ3) is 2.64. The van der Waals surface area contributed by atoms with Crippen molar-refractivity contribution in [3.05, 3.63) is 51.8 Å². The molecule has 17 heavy (non-hydrogen) atoms. The predicted molar refractivity (Wildman–Crippen MR) is 56.6 cm³/mol. The molecule has 0 amide bonds. The minimum atomic E-state index is -0.450. The maximum Gasteiger partial charge on any atom is 0.269 e. The van der Waals surface area contributed by atoms with Crippen LogP contribution in [0.4, 0.5) is 5.69 Å². The summed E-state index contributed by atoms with van der Waals surface area (Å²) in [7, 11) is 0. The van der Waals surface area contributed by atoms with Crippen molar-refractivity contribution in [2.24, 2.45) is 0 Å². The largest absolute Gasteiger partial charge is 0.269 e. The van der Waals surface area contributed by atoms with E-state index in [1.165, 1.54) is 16.8 Å². The van der Waals surface area contributed by atoms with Gasteiger partial charge in [0.25, 0.3) is 5.69 Å². The second-order valence-corrected chi connectivity index (χ2v) is 3.48. The fourth-order valence-electron chi connectivity index (χ4n) is 1.39. The predicted octanol–water partition coefficient (Wildman–Crippen LogP) is 1.17. The van der Waals surface area contributed by atoms with Crippen LogP contribution in [0.1, 0.15) is 11.3 Å². The fraction of sp³-hybridized carbons (Fsp3) is 0.200. The molecule has 1 heterocycles. The van der Waals surface area contributed by atoms with Crippen molar-refractivity contribution in [2.75, 3.05) is 0 Å². The average Bonchev–Trinajstić information content (AvgIpc) is 2.77. The second-order valence-electron chi connectivity index (χ2n) is 3.48. The number of nitrogens with zero attached hydrogens (tertiary/aromatic N) is 4. The molecule has 0 spiro atoms. The molecule has 0 aliphatic carbocycles. The summed E-state index contributed by atoms with van der Waals surface area (Å²) in [6.45, 7) is 0.0330. The quantitative estimate of drug-likeness (QED) is 0.585. The number of nitro benzene ring substituents is 1. The minimum absolute atomic E-state index is 0.0487. The standard InChI is InChI=1S/C10H9N4O3/c15-7-9-6-13(12-11-9)5-8-1-3-10(4-2-8)14(16)17/h1-4,6H,5,7H2. The van der Waals surface area contributed by atoms with Crippen molar-refractivity contribution in [3.63, 3.8) is 0 Å². The van der Waals surface area contributed by atoms with Crippen LogP contribution in [-0.2, 0) is 18.3 Å². The summed E-state index contributed by atoms with van der Waals surface area (Å²) in [5.41, 5.74) is 1.29. The molecule has 7 heteroatoms. The third-order valence-electron chi connectivity index (χ3n) is 2.23. The molecule has 0 bridgehead atoms. The number of non-ortho nitro benzene ring substituents is 1. The van der Waals surface area contributed by atoms with E-state index in [2.05, 4.69) is 10.3 Å². The van der Waals surface area contributed by atoms with E-state index in [1.807, 2.05) is 0 Å². The first-order chi connectivity index (χ1) is 8.19.